The lowest BCUT2D eigenvalue weighted by atomic mass is 10.1. The van der Waals surface area contributed by atoms with Gasteiger partial charge in [0.25, 0.3) is 0 Å². The Kier molecular flexibility index (Phi) is 7.61. The van der Waals surface area contributed by atoms with Gasteiger partial charge in [0.05, 0.1) is 28.4 Å². The van der Waals surface area contributed by atoms with Crippen molar-refractivity contribution in [3.05, 3.63) is 35.2 Å². The van der Waals surface area contributed by atoms with E-state index in [0.29, 0.717) is 18.8 Å². The van der Waals surface area contributed by atoms with E-state index in [1.807, 2.05) is 40.8 Å². The molecule has 1 aromatic carbocycles. The van der Waals surface area contributed by atoms with Crippen LogP contribution in [0, 0.1) is 13.8 Å². The summed E-state index contributed by atoms with van der Waals surface area (Å²) in [5.74, 6) is -0.181. The van der Waals surface area contributed by atoms with Gasteiger partial charge in [0, 0.05) is 44.5 Å². The molecule has 0 radical (unpaired) electrons. The number of nitrogens with zero attached hydrogens (tertiary/aromatic N) is 4. The molecule has 1 aliphatic rings. The largest absolute Gasteiger partial charge is 0.370 e. The minimum absolute atomic E-state index is 0.181. The maximum absolute atomic E-state index is 13.1. The van der Waals surface area contributed by atoms with Crippen LogP contribution in [0.25, 0.3) is 0 Å². The van der Waals surface area contributed by atoms with E-state index in [-0.39, 0.29) is 17.2 Å². The van der Waals surface area contributed by atoms with Gasteiger partial charge in [0.2, 0.25) is 15.9 Å². The third kappa shape index (κ3) is 4.99. The summed E-state index contributed by atoms with van der Waals surface area (Å²) in [5.41, 5.74) is 4.10. The van der Waals surface area contributed by atoms with Crippen LogP contribution in [0.3, 0.4) is 0 Å². The molecule has 1 N–H and O–H groups in total. The zero-order chi connectivity index (χ0) is 23.5. The van der Waals surface area contributed by atoms with Crippen LogP contribution in [0.5, 0.6) is 0 Å². The molecule has 2 aromatic rings. The molecule has 0 unspecified atom stereocenters. The fourth-order valence-electron chi connectivity index (χ4n) is 4.33. The summed E-state index contributed by atoms with van der Waals surface area (Å²) in [5, 5.41) is 7.40. The van der Waals surface area contributed by atoms with Crippen LogP contribution in [0.2, 0.25) is 0 Å². The smallest absolute Gasteiger partial charge is 0.243 e. The standard InChI is InChI=1S/C23H35N5O3S/c1-6-28(7-2)32(30,31)19-11-12-22(27-13-9-8-10-14-27)21(15-19)24-23(29)16-20-17(3)25-26(5)18(20)4/h11-12,15H,6-10,13-14,16H2,1-5H3,(H,24,29). The first-order valence-electron chi connectivity index (χ1n) is 11.4. The topological polar surface area (TPSA) is 87.5 Å². The summed E-state index contributed by atoms with van der Waals surface area (Å²) in [6.07, 6.45) is 3.55. The molecule has 1 amide bonds. The highest BCUT2D eigenvalue weighted by atomic mass is 32.2. The quantitative estimate of drug-likeness (QED) is 0.652. The first-order chi connectivity index (χ1) is 15.2. The summed E-state index contributed by atoms with van der Waals surface area (Å²) in [7, 11) is -1.76. The predicted octanol–water partition coefficient (Wildman–Crippen LogP) is 3.24. The summed E-state index contributed by atoms with van der Waals surface area (Å²) < 4.78 is 29.4. The molecule has 0 bridgehead atoms. The molecule has 32 heavy (non-hydrogen) atoms. The molecule has 8 nitrogen and oxygen atoms in total. The highest BCUT2D eigenvalue weighted by molar-refractivity contribution is 7.89. The SMILES string of the molecule is CCN(CC)S(=O)(=O)c1ccc(N2CCCCC2)c(NC(=O)Cc2c(C)nn(C)c2C)c1. The molecule has 3 rings (SSSR count). The van der Waals surface area contributed by atoms with Crippen LogP contribution in [-0.4, -0.2) is 54.6 Å². The van der Waals surface area contributed by atoms with Crippen molar-refractivity contribution in [3.63, 3.8) is 0 Å². The van der Waals surface area contributed by atoms with Crippen molar-refractivity contribution in [3.8, 4) is 0 Å². The number of rotatable bonds is 8. The second-order valence-electron chi connectivity index (χ2n) is 8.31. The van der Waals surface area contributed by atoms with Crippen LogP contribution < -0.4 is 10.2 Å². The van der Waals surface area contributed by atoms with Gasteiger partial charge in [-0.1, -0.05) is 13.8 Å². The molecule has 0 saturated carbocycles. The van der Waals surface area contributed by atoms with Gasteiger partial charge in [-0.2, -0.15) is 9.40 Å². The number of amides is 1. The molecule has 9 heteroatoms. The average Bonchev–Trinajstić information content (AvgIpc) is 3.01. The number of hydrogen-bond donors (Lipinski definition) is 1. The maximum atomic E-state index is 13.1. The van der Waals surface area contributed by atoms with E-state index in [2.05, 4.69) is 15.3 Å². The van der Waals surface area contributed by atoms with Gasteiger partial charge in [-0.05, 0) is 51.3 Å². The van der Waals surface area contributed by atoms with Crippen LogP contribution in [0.1, 0.15) is 50.1 Å². The van der Waals surface area contributed by atoms with Crippen LogP contribution >= 0.6 is 0 Å². The lowest BCUT2D eigenvalue weighted by Crippen LogP contribution is -2.32. The maximum Gasteiger partial charge on any atom is 0.243 e. The third-order valence-electron chi connectivity index (χ3n) is 6.28. The lowest BCUT2D eigenvalue weighted by Gasteiger charge is -2.31. The Labute approximate surface area is 191 Å². The fourth-order valence-corrected chi connectivity index (χ4v) is 5.81. The molecule has 1 aromatic heterocycles. The zero-order valence-corrected chi connectivity index (χ0v) is 20.6. The minimum atomic E-state index is -3.63. The normalized spacial score (nSPS) is 14.8. The number of nitrogens with one attached hydrogen (secondary N) is 1. The van der Waals surface area contributed by atoms with E-state index in [1.54, 1.807) is 16.8 Å². The van der Waals surface area contributed by atoms with Crippen molar-refractivity contribution in [2.75, 3.05) is 36.4 Å². The molecule has 1 aliphatic heterocycles. The Hall–Kier alpha value is -2.39. The third-order valence-corrected chi connectivity index (χ3v) is 8.32. The van der Waals surface area contributed by atoms with E-state index >= 15 is 0 Å². The number of carbonyl (C=O) groups is 1. The van der Waals surface area contributed by atoms with Crippen molar-refractivity contribution in [2.45, 2.75) is 58.3 Å². The number of aryl methyl sites for hydroxylation is 2. The van der Waals surface area contributed by atoms with Crippen molar-refractivity contribution in [1.29, 1.82) is 0 Å². The van der Waals surface area contributed by atoms with Crippen LogP contribution in [-0.2, 0) is 28.3 Å². The number of anilines is 2. The Morgan fingerprint density at radius 2 is 1.78 bits per heavy atom. The van der Waals surface area contributed by atoms with Gasteiger partial charge in [-0.25, -0.2) is 8.42 Å². The van der Waals surface area contributed by atoms with E-state index in [9.17, 15) is 13.2 Å². The van der Waals surface area contributed by atoms with Gasteiger partial charge < -0.3 is 10.2 Å². The average molecular weight is 462 g/mol. The Morgan fingerprint density at radius 1 is 1.12 bits per heavy atom. The van der Waals surface area contributed by atoms with E-state index in [0.717, 1.165) is 48.6 Å². The Morgan fingerprint density at radius 3 is 2.34 bits per heavy atom. The van der Waals surface area contributed by atoms with E-state index < -0.39 is 10.0 Å². The van der Waals surface area contributed by atoms with Crippen LogP contribution in [0.4, 0.5) is 11.4 Å². The molecule has 2 heterocycles. The van der Waals surface area contributed by atoms with Crippen molar-refractivity contribution in [2.24, 2.45) is 7.05 Å². The molecule has 0 aliphatic carbocycles. The number of carbonyl (C=O) groups excluding carboxylic acids is 1. The monoisotopic (exact) mass is 461 g/mol. The van der Waals surface area contributed by atoms with Crippen molar-refractivity contribution < 1.29 is 13.2 Å². The lowest BCUT2D eigenvalue weighted by molar-refractivity contribution is -0.115. The number of sulfonamides is 1. The van der Waals surface area contributed by atoms with Gasteiger partial charge in [0.1, 0.15) is 0 Å². The molecular weight excluding hydrogens is 426 g/mol. The first-order valence-corrected chi connectivity index (χ1v) is 12.8. The van der Waals surface area contributed by atoms with Crippen molar-refractivity contribution >= 4 is 27.3 Å². The highest BCUT2D eigenvalue weighted by Crippen LogP contribution is 2.32. The van der Waals surface area contributed by atoms with E-state index in [4.69, 9.17) is 0 Å². The van der Waals surface area contributed by atoms with Gasteiger partial charge in [-0.3, -0.25) is 9.48 Å². The van der Waals surface area contributed by atoms with Crippen LogP contribution in [0.15, 0.2) is 23.1 Å². The van der Waals surface area contributed by atoms with Crippen molar-refractivity contribution in [1.82, 2.24) is 14.1 Å². The van der Waals surface area contributed by atoms with E-state index in [1.165, 1.54) is 10.7 Å². The molecule has 0 spiro atoms. The number of benzene rings is 1. The fraction of sp³-hybridized carbons (Fsp3) is 0.565. The first kappa shape index (κ1) is 24.3. The summed E-state index contributed by atoms with van der Waals surface area (Å²) in [6, 6.07) is 5.10. The number of aromatic nitrogens is 2. The van der Waals surface area contributed by atoms with Gasteiger partial charge >= 0.3 is 0 Å². The zero-order valence-electron chi connectivity index (χ0n) is 19.8. The summed E-state index contributed by atoms with van der Waals surface area (Å²) in [4.78, 5) is 15.4. The Balaban J connectivity index is 1.95. The second kappa shape index (κ2) is 10.0. The molecule has 1 fully saturated rings. The van der Waals surface area contributed by atoms with Gasteiger partial charge in [0.15, 0.2) is 0 Å². The number of hydrogen-bond acceptors (Lipinski definition) is 5. The van der Waals surface area contributed by atoms with Gasteiger partial charge in [-0.15, -0.1) is 0 Å². The summed E-state index contributed by atoms with van der Waals surface area (Å²) >= 11 is 0. The number of piperidine rings is 1. The predicted molar refractivity (Wildman–Crippen MR) is 128 cm³/mol. The second-order valence-corrected chi connectivity index (χ2v) is 10.3. The molecule has 176 valence electrons. The summed E-state index contributed by atoms with van der Waals surface area (Å²) in [6.45, 7) is 10.1. The molecular formula is C23H35N5O3S. The minimum Gasteiger partial charge on any atom is -0.370 e. The molecule has 0 atom stereocenters. The highest BCUT2D eigenvalue weighted by Gasteiger charge is 2.25. The Bertz CT molecular complexity index is 1070. The molecule has 1 saturated heterocycles.